The zero-order valence-electron chi connectivity index (χ0n) is 32.6. The summed E-state index contributed by atoms with van der Waals surface area (Å²) < 4.78 is 0. The first kappa shape index (κ1) is 36.0. The molecule has 2 heterocycles. The van der Waals surface area contributed by atoms with Gasteiger partial charge in [-0.1, -0.05) is 120 Å². The number of hydrogen-bond acceptors (Lipinski definition) is 7. The van der Waals surface area contributed by atoms with Gasteiger partial charge in [-0.25, -0.2) is 15.0 Å². The fourth-order valence-corrected chi connectivity index (χ4v) is 7.69. The number of hydrogen-bond donors (Lipinski definition) is 0. The van der Waals surface area contributed by atoms with Gasteiger partial charge < -0.3 is 4.90 Å². The van der Waals surface area contributed by atoms with Crippen molar-refractivity contribution in [2.24, 2.45) is 0 Å². The molecule has 0 N–H and O–H groups in total. The van der Waals surface area contributed by atoms with Crippen LogP contribution in [-0.2, 0) is 0 Å². The average Bonchev–Trinajstić information content (AvgIpc) is 3.21. The van der Waals surface area contributed by atoms with Gasteiger partial charge in [0, 0.05) is 23.0 Å². The molecule has 0 amide bonds. The Labute approximate surface area is 329 Å². The van der Waals surface area contributed by atoms with Gasteiger partial charge >= 0.3 is 0 Å². The smallest absolute Gasteiger partial charge is 0.239 e. The van der Waals surface area contributed by atoms with Crippen LogP contribution in [0.4, 0.5) is 34.5 Å². The Bertz CT molecular complexity index is 2520. The molecule has 8 rings (SSSR count). The van der Waals surface area contributed by atoms with Crippen molar-refractivity contribution in [2.45, 2.75) is 41.5 Å². The van der Waals surface area contributed by atoms with Gasteiger partial charge in [0.15, 0.2) is 11.6 Å². The Morgan fingerprint density at radius 1 is 0.411 bits per heavy atom. The first-order valence-corrected chi connectivity index (χ1v) is 18.8. The predicted octanol–water partition coefficient (Wildman–Crippen LogP) is 12.5. The van der Waals surface area contributed by atoms with Crippen molar-refractivity contribution in [1.29, 1.82) is 0 Å². The minimum atomic E-state index is 0.444. The number of nitrogens with zero attached hydrogens (tertiary/aromatic N) is 7. The van der Waals surface area contributed by atoms with Gasteiger partial charge in [0.1, 0.15) is 12.1 Å². The Balaban J connectivity index is 1.28. The third kappa shape index (κ3) is 7.27. The van der Waals surface area contributed by atoms with Gasteiger partial charge in [-0.2, -0.15) is 9.97 Å². The first-order chi connectivity index (χ1) is 27.2. The molecule has 0 fully saturated rings. The highest BCUT2D eigenvalue weighted by molar-refractivity contribution is 5.85. The maximum atomic E-state index is 5.13. The molecule has 0 bridgehead atoms. The lowest BCUT2D eigenvalue weighted by Crippen LogP contribution is -2.18. The topological polar surface area (TPSA) is 70.9 Å². The molecule has 0 saturated heterocycles. The molecular weight excluding hydrogens is 687 g/mol. The highest BCUT2D eigenvalue weighted by atomic mass is 15.3. The normalized spacial score (nSPS) is 11.0. The maximum Gasteiger partial charge on any atom is 0.239 e. The van der Waals surface area contributed by atoms with Crippen LogP contribution in [0.15, 0.2) is 152 Å². The summed E-state index contributed by atoms with van der Waals surface area (Å²) in [5.74, 6) is 2.21. The van der Waals surface area contributed by atoms with Crippen molar-refractivity contribution in [1.82, 2.24) is 24.9 Å². The minimum Gasteiger partial charge on any atom is -0.309 e. The molecule has 0 aliphatic heterocycles. The van der Waals surface area contributed by atoms with Crippen molar-refractivity contribution >= 4 is 34.5 Å². The average molecular weight is 730 g/mol. The van der Waals surface area contributed by atoms with E-state index in [1.807, 2.05) is 47.4 Å². The number of benzene rings is 6. The molecule has 8 aromatic rings. The molecule has 2 aromatic heterocycles. The molecule has 274 valence electrons. The lowest BCUT2D eigenvalue weighted by atomic mass is 9.99. The second-order valence-electron chi connectivity index (χ2n) is 14.3. The monoisotopic (exact) mass is 729 g/mol. The standard InChI is InChI=1S/C49H43N7/c1-32-27-34(3)45(35(4)28-32)56(46-36(5)29-33(2)30-37(46)6)43-23-21-42(22-24-43)55(44-25-26-50-31-51-44)49-53-47(40-15-11-8-12-16-40)52-48(54-49)41-19-17-39(18-20-41)38-13-9-7-10-14-38/h7-31H,1-6H3. The van der Waals surface area contributed by atoms with Gasteiger partial charge in [0.05, 0.1) is 17.1 Å². The third-order valence-corrected chi connectivity index (χ3v) is 9.99. The lowest BCUT2D eigenvalue weighted by Gasteiger charge is -2.32. The predicted molar refractivity (Wildman–Crippen MR) is 230 cm³/mol. The Morgan fingerprint density at radius 2 is 0.839 bits per heavy atom. The number of aromatic nitrogens is 5. The fraction of sp³-hybridized carbons (Fsp3) is 0.122. The SMILES string of the molecule is Cc1cc(C)c(N(c2ccc(N(c3ccncn3)c3nc(-c4ccccc4)nc(-c4ccc(-c5ccccc5)cc4)n3)cc2)c2c(C)cc(C)cc2C)c(C)c1. The molecule has 0 radical (unpaired) electrons. The maximum absolute atomic E-state index is 5.13. The van der Waals surface area contributed by atoms with Crippen molar-refractivity contribution in [3.63, 3.8) is 0 Å². The second kappa shape index (κ2) is 15.4. The van der Waals surface area contributed by atoms with Crippen molar-refractivity contribution < 1.29 is 0 Å². The van der Waals surface area contributed by atoms with E-state index in [1.54, 1.807) is 12.5 Å². The van der Waals surface area contributed by atoms with Crippen molar-refractivity contribution in [2.75, 3.05) is 9.80 Å². The Kier molecular flexibility index (Phi) is 9.90. The highest BCUT2D eigenvalue weighted by Gasteiger charge is 2.24. The molecule has 7 nitrogen and oxygen atoms in total. The molecule has 0 aliphatic carbocycles. The van der Waals surface area contributed by atoms with Gasteiger partial charge in [-0.15, -0.1) is 0 Å². The molecule has 0 unspecified atom stereocenters. The summed E-state index contributed by atoms with van der Waals surface area (Å²) in [5, 5.41) is 0. The van der Waals surface area contributed by atoms with Crippen LogP contribution in [0.2, 0.25) is 0 Å². The molecule has 0 aliphatic rings. The van der Waals surface area contributed by atoms with E-state index in [0.29, 0.717) is 23.4 Å². The summed E-state index contributed by atoms with van der Waals surface area (Å²) in [6, 6.07) is 48.2. The molecule has 0 spiro atoms. The molecule has 0 saturated carbocycles. The zero-order chi connectivity index (χ0) is 38.8. The third-order valence-electron chi connectivity index (χ3n) is 9.99. The molecular formula is C49H43N7. The summed E-state index contributed by atoms with van der Waals surface area (Å²) >= 11 is 0. The largest absolute Gasteiger partial charge is 0.309 e. The van der Waals surface area contributed by atoms with Crippen molar-refractivity contribution in [3.8, 4) is 33.9 Å². The van der Waals surface area contributed by atoms with E-state index in [-0.39, 0.29) is 0 Å². The number of aryl methyl sites for hydroxylation is 6. The molecule has 56 heavy (non-hydrogen) atoms. The summed E-state index contributed by atoms with van der Waals surface area (Å²) in [5.41, 5.74) is 15.7. The highest BCUT2D eigenvalue weighted by Crippen LogP contribution is 2.44. The minimum absolute atomic E-state index is 0.444. The first-order valence-electron chi connectivity index (χ1n) is 18.8. The van der Waals surface area contributed by atoms with Crippen LogP contribution in [-0.4, -0.2) is 24.9 Å². The van der Waals surface area contributed by atoms with Crippen LogP contribution in [0.5, 0.6) is 0 Å². The summed E-state index contributed by atoms with van der Waals surface area (Å²) in [6.45, 7) is 13.1. The summed E-state index contributed by atoms with van der Waals surface area (Å²) in [7, 11) is 0. The van der Waals surface area contributed by atoms with E-state index in [2.05, 4.69) is 148 Å². The van der Waals surface area contributed by atoms with Crippen molar-refractivity contribution in [3.05, 3.63) is 185 Å². The lowest BCUT2D eigenvalue weighted by molar-refractivity contribution is 0.999. The van der Waals surface area contributed by atoms with Gasteiger partial charge in [-0.05, 0) is 105 Å². The Morgan fingerprint density at radius 3 is 1.32 bits per heavy atom. The van der Waals surface area contributed by atoms with E-state index in [4.69, 9.17) is 19.9 Å². The van der Waals surface area contributed by atoms with Crippen LogP contribution in [0.3, 0.4) is 0 Å². The van der Waals surface area contributed by atoms with Gasteiger partial charge in [0.25, 0.3) is 0 Å². The fourth-order valence-electron chi connectivity index (χ4n) is 7.69. The summed E-state index contributed by atoms with van der Waals surface area (Å²) in [6.07, 6.45) is 3.28. The molecule has 7 heteroatoms. The summed E-state index contributed by atoms with van der Waals surface area (Å²) in [4.78, 5) is 28.5. The number of rotatable bonds is 9. The van der Waals surface area contributed by atoms with Crippen LogP contribution in [0, 0.1) is 41.5 Å². The van der Waals surface area contributed by atoms with Gasteiger partial charge in [0.2, 0.25) is 5.95 Å². The van der Waals surface area contributed by atoms with E-state index in [9.17, 15) is 0 Å². The van der Waals surface area contributed by atoms with E-state index < -0.39 is 0 Å². The Hall–Kier alpha value is -6.99. The van der Waals surface area contributed by atoms with E-state index >= 15 is 0 Å². The zero-order valence-corrected chi connectivity index (χ0v) is 32.6. The quantitative estimate of drug-likeness (QED) is 0.146. The van der Waals surface area contributed by atoms with E-state index in [0.717, 1.165) is 33.6 Å². The molecule has 0 atom stereocenters. The van der Waals surface area contributed by atoms with Gasteiger partial charge in [-0.3, -0.25) is 4.90 Å². The van der Waals surface area contributed by atoms with Crippen LogP contribution in [0.1, 0.15) is 33.4 Å². The van der Waals surface area contributed by atoms with Crippen LogP contribution >= 0.6 is 0 Å². The molecule has 6 aromatic carbocycles. The van der Waals surface area contributed by atoms with Crippen LogP contribution < -0.4 is 9.80 Å². The van der Waals surface area contributed by atoms with Crippen LogP contribution in [0.25, 0.3) is 33.9 Å². The number of anilines is 6. The van der Waals surface area contributed by atoms with E-state index in [1.165, 1.54) is 44.8 Å². The second-order valence-corrected chi connectivity index (χ2v) is 14.3.